The maximum atomic E-state index is 13.2. The number of rotatable bonds is 5. The SMILES string of the molecule is O=C(O)c1ccc(CN2CCC(C(=O)Nc3ccc(F)c(Cl)c3)CC2)cc1. The topological polar surface area (TPSA) is 69.6 Å². The first kappa shape index (κ1) is 19.3. The molecule has 1 heterocycles. The van der Waals surface area contributed by atoms with Crippen molar-refractivity contribution in [3.8, 4) is 0 Å². The van der Waals surface area contributed by atoms with Gasteiger partial charge in [0.1, 0.15) is 5.82 Å². The van der Waals surface area contributed by atoms with Crippen molar-refractivity contribution in [1.29, 1.82) is 0 Å². The lowest BCUT2D eigenvalue weighted by atomic mass is 9.95. The first-order chi connectivity index (χ1) is 12.9. The molecule has 1 aliphatic rings. The molecule has 0 spiro atoms. The summed E-state index contributed by atoms with van der Waals surface area (Å²) in [6, 6.07) is 11.0. The zero-order valence-electron chi connectivity index (χ0n) is 14.6. The molecule has 0 saturated carbocycles. The van der Waals surface area contributed by atoms with E-state index >= 15 is 0 Å². The second-order valence-corrected chi connectivity index (χ2v) is 7.08. The van der Waals surface area contributed by atoms with E-state index in [0.29, 0.717) is 5.69 Å². The fourth-order valence-electron chi connectivity index (χ4n) is 3.18. The summed E-state index contributed by atoms with van der Waals surface area (Å²) in [5.74, 6) is -1.63. The first-order valence-corrected chi connectivity index (χ1v) is 9.10. The van der Waals surface area contributed by atoms with Gasteiger partial charge in [0.2, 0.25) is 5.91 Å². The normalized spacial score (nSPS) is 15.5. The highest BCUT2D eigenvalue weighted by atomic mass is 35.5. The molecule has 2 N–H and O–H groups in total. The molecule has 0 aromatic heterocycles. The number of nitrogens with zero attached hydrogens (tertiary/aromatic N) is 1. The van der Waals surface area contributed by atoms with E-state index in [1.807, 2.05) is 12.1 Å². The summed E-state index contributed by atoms with van der Waals surface area (Å²) in [4.78, 5) is 25.5. The van der Waals surface area contributed by atoms with Crippen LogP contribution in [0, 0.1) is 11.7 Å². The van der Waals surface area contributed by atoms with Crippen molar-refractivity contribution in [1.82, 2.24) is 4.90 Å². The molecule has 3 rings (SSSR count). The number of benzene rings is 2. The van der Waals surface area contributed by atoms with Crippen LogP contribution in [0.4, 0.5) is 10.1 Å². The molecule has 7 heteroatoms. The van der Waals surface area contributed by atoms with E-state index in [1.54, 1.807) is 12.1 Å². The van der Waals surface area contributed by atoms with E-state index < -0.39 is 11.8 Å². The summed E-state index contributed by atoms with van der Waals surface area (Å²) < 4.78 is 13.2. The van der Waals surface area contributed by atoms with Gasteiger partial charge in [-0.1, -0.05) is 23.7 Å². The molecule has 0 unspecified atom stereocenters. The van der Waals surface area contributed by atoms with Crippen LogP contribution in [0.3, 0.4) is 0 Å². The number of carbonyl (C=O) groups is 2. The summed E-state index contributed by atoms with van der Waals surface area (Å²) in [5.41, 5.74) is 1.81. The number of amides is 1. The van der Waals surface area contributed by atoms with Crippen LogP contribution in [-0.4, -0.2) is 35.0 Å². The van der Waals surface area contributed by atoms with Crippen molar-refractivity contribution in [2.24, 2.45) is 5.92 Å². The standard InChI is InChI=1S/C20H20ClFN2O3/c21-17-11-16(5-6-18(17)22)23-19(25)14-7-9-24(10-8-14)12-13-1-3-15(4-2-13)20(26)27/h1-6,11,14H,7-10,12H2,(H,23,25)(H,26,27). The number of hydrogen-bond acceptors (Lipinski definition) is 3. The van der Waals surface area contributed by atoms with Gasteiger partial charge in [-0.05, 0) is 61.8 Å². The highest BCUT2D eigenvalue weighted by Crippen LogP contribution is 2.23. The summed E-state index contributed by atoms with van der Waals surface area (Å²) in [7, 11) is 0. The van der Waals surface area contributed by atoms with Gasteiger partial charge in [-0.15, -0.1) is 0 Å². The van der Waals surface area contributed by atoms with Crippen molar-refractivity contribution >= 4 is 29.2 Å². The molecular formula is C20H20ClFN2O3. The van der Waals surface area contributed by atoms with Crippen LogP contribution in [0.25, 0.3) is 0 Å². The molecule has 0 aliphatic carbocycles. The van der Waals surface area contributed by atoms with Crippen LogP contribution in [0.5, 0.6) is 0 Å². The van der Waals surface area contributed by atoms with E-state index in [0.717, 1.165) is 38.0 Å². The van der Waals surface area contributed by atoms with Crippen LogP contribution in [-0.2, 0) is 11.3 Å². The fourth-order valence-corrected chi connectivity index (χ4v) is 3.36. The smallest absolute Gasteiger partial charge is 0.335 e. The molecule has 2 aromatic rings. The number of halogens is 2. The molecule has 142 valence electrons. The van der Waals surface area contributed by atoms with E-state index in [9.17, 15) is 14.0 Å². The van der Waals surface area contributed by atoms with Gasteiger partial charge in [0.15, 0.2) is 0 Å². The van der Waals surface area contributed by atoms with Crippen LogP contribution in [0.15, 0.2) is 42.5 Å². The van der Waals surface area contributed by atoms with Gasteiger partial charge in [0.25, 0.3) is 0 Å². The van der Waals surface area contributed by atoms with Gasteiger partial charge in [-0.25, -0.2) is 9.18 Å². The average molecular weight is 391 g/mol. The second kappa shape index (κ2) is 8.50. The number of anilines is 1. The lowest BCUT2D eigenvalue weighted by molar-refractivity contribution is -0.121. The van der Waals surface area contributed by atoms with Crippen LogP contribution in [0.2, 0.25) is 5.02 Å². The molecule has 5 nitrogen and oxygen atoms in total. The third-order valence-electron chi connectivity index (χ3n) is 4.75. The Labute approximate surface area is 161 Å². The maximum absolute atomic E-state index is 13.2. The Hall–Kier alpha value is -2.44. The fraction of sp³-hybridized carbons (Fsp3) is 0.300. The minimum atomic E-state index is -0.934. The molecule has 1 fully saturated rings. The lowest BCUT2D eigenvalue weighted by Gasteiger charge is -2.31. The molecule has 27 heavy (non-hydrogen) atoms. The Morgan fingerprint density at radius 3 is 2.41 bits per heavy atom. The quantitative estimate of drug-likeness (QED) is 0.808. The summed E-state index contributed by atoms with van der Waals surface area (Å²) >= 11 is 5.74. The minimum absolute atomic E-state index is 0.0171. The Morgan fingerprint density at radius 2 is 1.81 bits per heavy atom. The lowest BCUT2D eigenvalue weighted by Crippen LogP contribution is -2.37. The third kappa shape index (κ3) is 5.05. The molecular weight excluding hydrogens is 371 g/mol. The highest BCUT2D eigenvalue weighted by molar-refractivity contribution is 6.31. The average Bonchev–Trinajstić information content (AvgIpc) is 2.66. The largest absolute Gasteiger partial charge is 0.478 e. The van der Waals surface area contributed by atoms with Crippen molar-refractivity contribution in [2.45, 2.75) is 19.4 Å². The Balaban J connectivity index is 1.49. The Morgan fingerprint density at radius 1 is 1.15 bits per heavy atom. The van der Waals surface area contributed by atoms with Gasteiger partial charge < -0.3 is 10.4 Å². The van der Waals surface area contributed by atoms with Gasteiger partial charge in [-0.3, -0.25) is 9.69 Å². The number of hydrogen-bond donors (Lipinski definition) is 2. The number of aromatic carboxylic acids is 1. The van der Waals surface area contributed by atoms with Gasteiger partial charge in [0.05, 0.1) is 10.6 Å². The molecule has 1 aliphatic heterocycles. The number of carboxylic acids is 1. The van der Waals surface area contributed by atoms with E-state index in [4.69, 9.17) is 16.7 Å². The van der Waals surface area contributed by atoms with Gasteiger partial charge in [0, 0.05) is 18.2 Å². The number of nitrogens with one attached hydrogen (secondary N) is 1. The van der Waals surface area contributed by atoms with Crippen molar-refractivity contribution in [2.75, 3.05) is 18.4 Å². The Bertz CT molecular complexity index is 834. The first-order valence-electron chi connectivity index (χ1n) is 8.73. The monoisotopic (exact) mass is 390 g/mol. The summed E-state index contributed by atoms with van der Waals surface area (Å²) in [5, 5.41) is 11.7. The number of piperidine rings is 1. The molecule has 1 amide bonds. The number of likely N-dealkylation sites (tertiary alicyclic amines) is 1. The van der Waals surface area contributed by atoms with Gasteiger partial charge in [-0.2, -0.15) is 0 Å². The highest BCUT2D eigenvalue weighted by Gasteiger charge is 2.25. The second-order valence-electron chi connectivity index (χ2n) is 6.67. The summed E-state index contributed by atoms with van der Waals surface area (Å²) in [6.45, 7) is 2.29. The van der Waals surface area contributed by atoms with Crippen LogP contribution < -0.4 is 5.32 Å². The van der Waals surface area contributed by atoms with E-state index in [1.165, 1.54) is 18.2 Å². The maximum Gasteiger partial charge on any atom is 0.335 e. The van der Waals surface area contributed by atoms with Crippen molar-refractivity contribution in [3.05, 3.63) is 64.4 Å². The van der Waals surface area contributed by atoms with Crippen molar-refractivity contribution < 1.29 is 19.1 Å². The van der Waals surface area contributed by atoms with Gasteiger partial charge >= 0.3 is 5.97 Å². The predicted molar refractivity (Wildman–Crippen MR) is 101 cm³/mol. The van der Waals surface area contributed by atoms with E-state index in [2.05, 4.69) is 10.2 Å². The summed E-state index contributed by atoms with van der Waals surface area (Å²) in [6.07, 6.45) is 1.46. The molecule has 0 radical (unpaired) electrons. The zero-order chi connectivity index (χ0) is 19.4. The van der Waals surface area contributed by atoms with Crippen LogP contribution >= 0.6 is 11.6 Å². The van der Waals surface area contributed by atoms with E-state index in [-0.39, 0.29) is 22.4 Å². The predicted octanol–water partition coefficient (Wildman–Crippen LogP) is 4.03. The number of carbonyl (C=O) groups excluding carboxylic acids is 1. The van der Waals surface area contributed by atoms with Crippen molar-refractivity contribution in [3.63, 3.8) is 0 Å². The molecule has 1 saturated heterocycles. The Kier molecular flexibility index (Phi) is 6.08. The molecule has 0 bridgehead atoms. The third-order valence-corrected chi connectivity index (χ3v) is 5.04. The zero-order valence-corrected chi connectivity index (χ0v) is 15.4. The van der Waals surface area contributed by atoms with Crippen LogP contribution in [0.1, 0.15) is 28.8 Å². The molecule has 0 atom stereocenters. The minimum Gasteiger partial charge on any atom is -0.478 e. The number of carboxylic acid groups (broad SMARTS) is 1. The molecule has 2 aromatic carbocycles.